The van der Waals surface area contributed by atoms with Crippen molar-refractivity contribution in [1.82, 2.24) is 15.1 Å². The monoisotopic (exact) mass is 555 g/mol. The third-order valence-corrected chi connectivity index (χ3v) is 7.86. The molecule has 4 rings (SSSR count). The lowest BCUT2D eigenvalue weighted by atomic mass is 9.89. The number of carbonyl (C=O) groups excluding carboxylic acids is 2. The number of nitrogens with zero attached hydrogens (tertiary/aromatic N) is 2. The van der Waals surface area contributed by atoms with Crippen molar-refractivity contribution in [3.63, 3.8) is 0 Å². The van der Waals surface area contributed by atoms with Crippen molar-refractivity contribution in [1.29, 1.82) is 0 Å². The lowest BCUT2D eigenvalue weighted by Crippen LogP contribution is -2.53. The summed E-state index contributed by atoms with van der Waals surface area (Å²) in [6, 6.07) is 10.4. The van der Waals surface area contributed by atoms with Crippen molar-refractivity contribution < 1.29 is 37.3 Å². The molecule has 11 nitrogen and oxygen atoms in total. The highest BCUT2D eigenvalue weighted by Gasteiger charge is 2.41. The normalized spacial score (nSPS) is 24.7. The van der Waals surface area contributed by atoms with E-state index in [1.54, 1.807) is 4.90 Å². The van der Waals surface area contributed by atoms with Gasteiger partial charge >= 0.3 is 10.4 Å². The molecule has 12 heteroatoms. The second-order valence-electron chi connectivity index (χ2n) is 10.6. The maximum absolute atomic E-state index is 12.8. The molecule has 2 bridgehead atoms. The molecule has 2 heterocycles. The molecule has 1 aromatic rings. The van der Waals surface area contributed by atoms with E-state index in [0.29, 0.717) is 36.7 Å². The van der Waals surface area contributed by atoms with Crippen LogP contribution < -0.4 is 5.32 Å². The Kier molecular flexibility index (Phi) is 11.5. The smallest absolute Gasteiger partial charge is 0.393 e. The first kappa shape index (κ1) is 30.5. The van der Waals surface area contributed by atoms with Crippen LogP contribution in [0.2, 0.25) is 0 Å². The van der Waals surface area contributed by atoms with Gasteiger partial charge in [0.25, 0.3) is 11.8 Å². The maximum atomic E-state index is 12.8. The number of hydrogen-bond donors (Lipinski definition) is 5. The van der Waals surface area contributed by atoms with Crippen molar-refractivity contribution in [2.75, 3.05) is 26.2 Å². The number of rotatable bonds is 9. The molecule has 1 saturated carbocycles. The van der Waals surface area contributed by atoms with Gasteiger partial charge in [0.15, 0.2) is 6.10 Å². The zero-order valence-corrected chi connectivity index (χ0v) is 22.5. The number of aliphatic hydroxyl groups is 2. The number of fused-ring (bicyclic) bond motifs is 2. The van der Waals surface area contributed by atoms with Crippen LogP contribution in [0.3, 0.4) is 0 Å². The molecular weight excluding hydrogens is 514 g/mol. The van der Waals surface area contributed by atoms with Gasteiger partial charge < -0.3 is 20.4 Å². The van der Waals surface area contributed by atoms with Gasteiger partial charge in [-0.15, -0.1) is 0 Å². The van der Waals surface area contributed by atoms with E-state index in [0.717, 1.165) is 45.1 Å². The third kappa shape index (κ3) is 9.58. The largest absolute Gasteiger partial charge is 0.394 e. The molecule has 0 spiro atoms. The zero-order valence-electron chi connectivity index (χ0n) is 21.7. The van der Waals surface area contributed by atoms with E-state index in [2.05, 4.69) is 10.2 Å². The average molecular weight is 556 g/mol. The van der Waals surface area contributed by atoms with Crippen molar-refractivity contribution in [2.24, 2.45) is 5.92 Å². The van der Waals surface area contributed by atoms with E-state index in [1.165, 1.54) is 19.3 Å². The van der Waals surface area contributed by atoms with Gasteiger partial charge in [-0.1, -0.05) is 37.5 Å². The Bertz CT molecular complexity index is 981. The Morgan fingerprint density at radius 3 is 2.13 bits per heavy atom. The van der Waals surface area contributed by atoms with Gasteiger partial charge in [-0.05, 0) is 56.6 Å². The minimum atomic E-state index is -4.67. The first-order valence-corrected chi connectivity index (χ1v) is 14.8. The summed E-state index contributed by atoms with van der Waals surface area (Å²) in [6.45, 7) is 1.51. The Labute approximate surface area is 224 Å². The lowest BCUT2D eigenvalue weighted by Gasteiger charge is -2.40. The van der Waals surface area contributed by atoms with Crippen LogP contribution in [-0.4, -0.2) is 99.8 Å². The van der Waals surface area contributed by atoms with Gasteiger partial charge in [0, 0.05) is 43.3 Å². The fourth-order valence-corrected chi connectivity index (χ4v) is 6.11. The first-order valence-electron chi connectivity index (χ1n) is 13.4. The Balaban J connectivity index is 0.000000732. The van der Waals surface area contributed by atoms with Crippen LogP contribution in [0.25, 0.3) is 0 Å². The summed E-state index contributed by atoms with van der Waals surface area (Å²) in [5.74, 6) is 0.139. The molecule has 5 N–H and O–H groups in total. The van der Waals surface area contributed by atoms with Gasteiger partial charge in [0.2, 0.25) is 0 Å². The molecule has 2 aliphatic heterocycles. The second kappa shape index (κ2) is 14.3. The van der Waals surface area contributed by atoms with Crippen molar-refractivity contribution in [3.05, 3.63) is 35.9 Å². The number of aliphatic hydroxyl groups excluding tert-OH is 2. The van der Waals surface area contributed by atoms with Crippen LogP contribution in [0.1, 0.15) is 68.1 Å². The lowest BCUT2D eigenvalue weighted by molar-refractivity contribution is -0.143. The van der Waals surface area contributed by atoms with E-state index < -0.39 is 23.1 Å². The summed E-state index contributed by atoms with van der Waals surface area (Å²) >= 11 is 0. The summed E-state index contributed by atoms with van der Waals surface area (Å²) in [5.41, 5.74) is 0.701. The molecule has 1 aromatic carbocycles. The predicted octanol–water partition coefficient (Wildman–Crippen LogP) is 1.52. The number of amides is 2. The molecule has 3 atom stereocenters. The van der Waals surface area contributed by atoms with Crippen LogP contribution in [0.15, 0.2) is 30.3 Å². The molecule has 2 saturated heterocycles. The quantitative estimate of drug-likeness (QED) is 0.284. The minimum absolute atomic E-state index is 0.00399. The summed E-state index contributed by atoms with van der Waals surface area (Å²) in [4.78, 5) is 29.6. The van der Waals surface area contributed by atoms with Crippen molar-refractivity contribution in [2.45, 2.75) is 82.0 Å². The number of carbonyl (C=O) groups is 2. The van der Waals surface area contributed by atoms with E-state index in [-0.39, 0.29) is 17.9 Å². The Hall–Kier alpha value is -2.09. The zero-order chi connectivity index (χ0) is 27.7. The van der Waals surface area contributed by atoms with Gasteiger partial charge in [0.1, 0.15) is 0 Å². The number of hydrogen-bond acceptors (Lipinski definition) is 7. The standard InChI is InChI=1S/C26H39N3O4.H2O4S/c30-18-24(31)26(33)28(17-19-7-3-1-4-8-19)13-14-29-22-11-12-23(29)16-21(15-22)27-25(32)20-9-5-2-6-10-20;1-5(2,3)4/h2,5-6,9-10,19,21-24,30-31H,1,3-4,7-8,11-18H2,(H,27,32);(H2,1,2,3,4)/t21?,22?,23?,24-;/m0./s1. The van der Waals surface area contributed by atoms with Crippen LogP contribution in [-0.2, 0) is 15.2 Å². The van der Waals surface area contributed by atoms with Crippen LogP contribution >= 0.6 is 0 Å². The first-order chi connectivity index (χ1) is 18.0. The molecule has 214 valence electrons. The number of benzene rings is 1. The van der Waals surface area contributed by atoms with E-state index in [4.69, 9.17) is 17.5 Å². The Morgan fingerprint density at radius 2 is 1.58 bits per heavy atom. The topological polar surface area (TPSA) is 168 Å². The van der Waals surface area contributed by atoms with Crippen molar-refractivity contribution >= 4 is 22.2 Å². The van der Waals surface area contributed by atoms with Crippen LogP contribution in [0.4, 0.5) is 0 Å². The van der Waals surface area contributed by atoms with Gasteiger partial charge in [-0.2, -0.15) is 8.42 Å². The van der Waals surface area contributed by atoms with Crippen LogP contribution in [0.5, 0.6) is 0 Å². The highest BCUT2D eigenvalue weighted by atomic mass is 32.3. The van der Waals surface area contributed by atoms with Crippen molar-refractivity contribution in [3.8, 4) is 0 Å². The molecule has 2 unspecified atom stereocenters. The maximum Gasteiger partial charge on any atom is 0.394 e. The molecular formula is C26H41N3O8S. The second-order valence-corrected chi connectivity index (χ2v) is 11.5. The average Bonchev–Trinajstić information content (AvgIpc) is 3.13. The molecule has 1 aliphatic carbocycles. The molecule has 2 amide bonds. The molecule has 3 aliphatic rings. The molecule has 38 heavy (non-hydrogen) atoms. The fourth-order valence-electron chi connectivity index (χ4n) is 6.11. The van der Waals surface area contributed by atoms with Gasteiger partial charge in [0.05, 0.1) is 6.61 Å². The van der Waals surface area contributed by atoms with Gasteiger partial charge in [-0.25, -0.2) is 0 Å². The predicted molar refractivity (Wildman–Crippen MR) is 141 cm³/mol. The fraction of sp³-hybridized carbons (Fsp3) is 0.692. The Morgan fingerprint density at radius 1 is 1.00 bits per heavy atom. The summed E-state index contributed by atoms with van der Waals surface area (Å²) in [6.07, 6.45) is 8.75. The van der Waals surface area contributed by atoms with Gasteiger partial charge in [-0.3, -0.25) is 23.6 Å². The summed E-state index contributed by atoms with van der Waals surface area (Å²) < 4.78 is 31.6. The highest BCUT2D eigenvalue weighted by molar-refractivity contribution is 7.79. The van der Waals surface area contributed by atoms with E-state index in [1.807, 2.05) is 30.3 Å². The van der Waals surface area contributed by atoms with Crippen LogP contribution in [0, 0.1) is 5.92 Å². The summed E-state index contributed by atoms with van der Waals surface area (Å²) in [5, 5.41) is 22.5. The highest BCUT2D eigenvalue weighted by Crippen LogP contribution is 2.35. The van der Waals surface area contributed by atoms with E-state index >= 15 is 0 Å². The summed E-state index contributed by atoms with van der Waals surface area (Å²) in [7, 11) is -4.67. The number of piperidine rings is 1. The molecule has 3 fully saturated rings. The number of nitrogens with one attached hydrogen (secondary N) is 1. The third-order valence-electron chi connectivity index (χ3n) is 7.86. The minimum Gasteiger partial charge on any atom is -0.393 e. The molecule has 0 radical (unpaired) electrons. The van der Waals surface area contributed by atoms with E-state index in [9.17, 15) is 19.8 Å². The molecule has 0 aromatic heterocycles. The SMILES string of the molecule is O=C(NC1CC2CCC(C1)N2CCN(CC1CCCCC1)C(=O)[C@@H](O)CO)c1ccccc1.O=S(=O)(O)O.